The lowest BCUT2D eigenvalue weighted by Gasteiger charge is -2.26. The number of rotatable bonds is 1. The summed E-state index contributed by atoms with van der Waals surface area (Å²) in [7, 11) is 0. The van der Waals surface area contributed by atoms with E-state index in [4.69, 9.17) is 11.6 Å². The summed E-state index contributed by atoms with van der Waals surface area (Å²) < 4.78 is 0.436. The number of nitrogens with zero attached hydrogens (tertiary/aromatic N) is 2. The summed E-state index contributed by atoms with van der Waals surface area (Å²) >= 11 is 7.03. The van der Waals surface area contributed by atoms with Crippen LogP contribution in [-0.4, -0.2) is 42.0 Å². The predicted molar refractivity (Wildman–Crippen MR) is 60.6 cm³/mol. The molecule has 82 valence electrons. The van der Waals surface area contributed by atoms with Crippen molar-refractivity contribution in [3.8, 4) is 0 Å². The molecule has 0 unspecified atom stereocenters. The van der Waals surface area contributed by atoms with E-state index in [-0.39, 0.29) is 5.91 Å². The van der Waals surface area contributed by atoms with E-state index in [1.807, 2.05) is 11.8 Å². The first kappa shape index (κ1) is 10.9. The number of nitrogens with one attached hydrogen (secondary N) is 1. The maximum Gasteiger partial charge on any atom is 0.265 e. The summed E-state index contributed by atoms with van der Waals surface area (Å²) in [6, 6.07) is 0. The Kier molecular flexibility index (Phi) is 3.23. The van der Waals surface area contributed by atoms with Crippen molar-refractivity contribution in [1.82, 2.24) is 15.2 Å². The Balaban J connectivity index is 2.16. The fraction of sp³-hybridized carbons (Fsp3) is 0.556. The maximum absolute atomic E-state index is 12.0. The highest BCUT2D eigenvalue weighted by Crippen LogP contribution is 2.23. The molecule has 0 saturated carbocycles. The van der Waals surface area contributed by atoms with Crippen LogP contribution in [0, 0.1) is 6.92 Å². The van der Waals surface area contributed by atoms with Gasteiger partial charge in [0.25, 0.3) is 5.91 Å². The molecular formula is C9H12ClN3OS. The van der Waals surface area contributed by atoms with Crippen molar-refractivity contribution in [3.63, 3.8) is 0 Å². The van der Waals surface area contributed by atoms with Gasteiger partial charge in [-0.05, 0) is 6.92 Å². The lowest BCUT2D eigenvalue weighted by molar-refractivity contribution is 0.0740. The number of hydrogen-bond acceptors (Lipinski definition) is 4. The Labute approximate surface area is 97.2 Å². The summed E-state index contributed by atoms with van der Waals surface area (Å²) in [5, 5.41) is 3.21. The lowest BCUT2D eigenvalue weighted by atomic mass is 10.3. The third-order valence-electron chi connectivity index (χ3n) is 2.37. The first-order valence-electron chi connectivity index (χ1n) is 4.81. The summed E-state index contributed by atoms with van der Waals surface area (Å²) in [6.07, 6.45) is 0. The van der Waals surface area contributed by atoms with Gasteiger partial charge >= 0.3 is 0 Å². The normalized spacial score (nSPS) is 16.8. The molecule has 1 aromatic heterocycles. The van der Waals surface area contributed by atoms with Crippen molar-refractivity contribution < 1.29 is 4.79 Å². The molecule has 1 aliphatic rings. The van der Waals surface area contributed by atoms with Crippen molar-refractivity contribution in [1.29, 1.82) is 0 Å². The summed E-state index contributed by atoms with van der Waals surface area (Å²) in [5.74, 6) is 0.0541. The van der Waals surface area contributed by atoms with Gasteiger partial charge in [0.1, 0.15) is 4.88 Å². The minimum absolute atomic E-state index is 0.0541. The third-order valence-corrected chi connectivity index (χ3v) is 3.62. The average Bonchev–Trinajstić information content (AvgIpc) is 2.58. The van der Waals surface area contributed by atoms with Gasteiger partial charge in [-0.3, -0.25) is 4.79 Å². The van der Waals surface area contributed by atoms with Crippen molar-refractivity contribution in [3.05, 3.63) is 15.0 Å². The molecule has 0 bridgehead atoms. The molecule has 0 atom stereocenters. The van der Waals surface area contributed by atoms with E-state index in [0.29, 0.717) is 9.34 Å². The molecule has 15 heavy (non-hydrogen) atoms. The quantitative estimate of drug-likeness (QED) is 0.808. The molecule has 1 aliphatic heterocycles. The summed E-state index contributed by atoms with van der Waals surface area (Å²) in [5.41, 5.74) is 0.730. The number of halogens is 1. The van der Waals surface area contributed by atoms with E-state index in [2.05, 4.69) is 10.3 Å². The number of carbonyl (C=O) groups is 1. The molecule has 0 aromatic carbocycles. The van der Waals surface area contributed by atoms with Crippen LogP contribution in [0.25, 0.3) is 0 Å². The molecule has 1 fully saturated rings. The van der Waals surface area contributed by atoms with Crippen LogP contribution < -0.4 is 5.32 Å². The van der Waals surface area contributed by atoms with Crippen molar-refractivity contribution in [2.24, 2.45) is 0 Å². The standard InChI is InChI=1S/C9H12ClN3OS/c1-6-7(15-9(10)12-6)8(14)13-4-2-11-3-5-13/h11H,2-5H2,1H3. The van der Waals surface area contributed by atoms with Crippen molar-refractivity contribution >= 4 is 28.8 Å². The van der Waals surface area contributed by atoms with Gasteiger partial charge in [-0.15, -0.1) is 0 Å². The number of piperazine rings is 1. The monoisotopic (exact) mass is 245 g/mol. The zero-order chi connectivity index (χ0) is 10.8. The lowest BCUT2D eigenvalue weighted by Crippen LogP contribution is -2.46. The zero-order valence-electron chi connectivity index (χ0n) is 8.42. The van der Waals surface area contributed by atoms with E-state index >= 15 is 0 Å². The maximum atomic E-state index is 12.0. The highest BCUT2D eigenvalue weighted by molar-refractivity contribution is 7.17. The molecule has 0 aliphatic carbocycles. The zero-order valence-corrected chi connectivity index (χ0v) is 9.99. The first-order chi connectivity index (χ1) is 7.18. The molecule has 2 heterocycles. The van der Waals surface area contributed by atoms with E-state index in [9.17, 15) is 4.79 Å². The number of aromatic nitrogens is 1. The van der Waals surface area contributed by atoms with E-state index in [1.54, 1.807) is 0 Å². The highest BCUT2D eigenvalue weighted by Gasteiger charge is 2.22. The molecule has 2 rings (SSSR count). The van der Waals surface area contributed by atoms with Crippen LogP contribution in [0.2, 0.25) is 4.47 Å². The minimum atomic E-state index is 0.0541. The highest BCUT2D eigenvalue weighted by atomic mass is 35.5. The largest absolute Gasteiger partial charge is 0.335 e. The van der Waals surface area contributed by atoms with Gasteiger partial charge in [0.15, 0.2) is 4.47 Å². The topological polar surface area (TPSA) is 45.2 Å². The summed E-state index contributed by atoms with van der Waals surface area (Å²) in [6.45, 7) is 5.05. The number of carbonyl (C=O) groups excluding carboxylic acids is 1. The Morgan fingerprint density at radius 1 is 1.53 bits per heavy atom. The Morgan fingerprint density at radius 2 is 2.20 bits per heavy atom. The SMILES string of the molecule is Cc1nc(Cl)sc1C(=O)N1CCNCC1. The summed E-state index contributed by atoms with van der Waals surface area (Å²) in [4.78, 5) is 18.6. The fourth-order valence-electron chi connectivity index (χ4n) is 1.57. The second kappa shape index (κ2) is 4.47. The first-order valence-corrected chi connectivity index (χ1v) is 6.01. The van der Waals surface area contributed by atoms with Crippen LogP contribution in [-0.2, 0) is 0 Å². The molecule has 1 amide bonds. The van der Waals surface area contributed by atoms with Crippen LogP contribution in [0.4, 0.5) is 0 Å². The van der Waals surface area contributed by atoms with Crippen molar-refractivity contribution in [2.45, 2.75) is 6.92 Å². The molecule has 1 N–H and O–H groups in total. The van der Waals surface area contributed by atoms with Crippen molar-refractivity contribution in [2.75, 3.05) is 26.2 Å². The molecule has 4 nitrogen and oxygen atoms in total. The Hall–Kier alpha value is -0.650. The Morgan fingerprint density at radius 3 is 2.73 bits per heavy atom. The number of aryl methyl sites for hydroxylation is 1. The van der Waals surface area contributed by atoms with Gasteiger partial charge in [0.2, 0.25) is 0 Å². The van der Waals surface area contributed by atoms with E-state index in [0.717, 1.165) is 31.9 Å². The van der Waals surface area contributed by atoms with Gasteiger partial charge in [-0.25, -0.2) is 4.98 Å². The second-order valence-corrected chi connectivity index (χ2v) is 5.00. The van der Waals surface area contributed by atoms with Gasteiger partial charge < -0.3 is 10.2 Å². The molecule has 1 aromatic rings. The predicted octanol–water partition coefficient (Wildman–Crippen LogP) is 1.15. The van der Waals surface area contributed by atoms with Gasteiger partial charge in [-0.2, -0.15) is 0 Å². The van der Waals surface area contributed by atoms with Gasteiger partial charge in [-0.1, -0.05) is 22.9 Å². The Bertz CT molecular complexity index is 373. The average molecular weight is 246 g/mol. The molecule has 0 spiro atoms. The van der Waals surface area contributed by atoms with E-state index in [1.165, 1.54) is 11.3 Å². The van der Waals surface area contributed by atoms with Gasteiger partial charge in [0.05, 0.1) is 5.69 Å². The third kappa shape index (κ3) is 2.30. The smallest absolute Gasteiger partial charge is 0.265 e. The molecule has 6 heteroatoms. The number of thiazole rings is 1. The molecular weight excluding hydrogens is 234 g/mol. The van der Waals surface area contributed by atoms with Crippen LogP contribution in [0.5, 0.6) is 0 Å². The second-order valence-electron chi connectivity index (χ2n) is 3.42. The number of hydrogen-bond donors (Lipinski definition) is 1. The van der Waals surface area contributed by atoms with Crippen LogP contribution in [0.15, 0.2) is 0 Å². The molecule has 0 radical (unpaired) electrons. The van der Waals surface area contributed by atoms with Crippen LogP contribution >= 0.6 is 22.9 Å². The fourth-order valence-corrected chi connectivity index (χ4v) is 2.69. The molecule has 1 saturated heterocycles. The minimum Gasteiger partial charge on any atom is -0.335 e. The number of amides is 1. The van der Waals surface area contributed by atoms with Crippen LogP contribution in [0.3, 0.4) is 0 Å². The van der Waals surface area contributed by atoms with Crippen LogP contribution in [0.1, 0.15) is 15.4 Å². The van der Waals surface area contributed by atoms with E-state index < -0.39 is 0 Å². The van der Waals surface area contributed by atoms with Gasteiger partial charge in [0, 0.05) is 26.2 Å².